The number of aryl methyl sites for hydroxylation is 1. The van der Waals surface area contributed by atoms with Gasteiger partial charge >= 0.3 is 6.09 Å². The summed E-state index contributed by atoms with van der Waals surface area (Å²) in [6.45, 7) is 15.5. The van der Waals surface area contributed by atoms with Crippen LogP contribution in [-0.4, -0.2) is 90.9 Å². The highest BCUT2D eigenvalue weighted by atomic mass is 127. The van der Waals surface area contributed by atoms with Crippen LogP contribution < -0.4 is 5.32 Å². The smallest absolute Gasteiger partial charge is 0.410 e. The monoisotopic (exact) mass is 550 g/mol. The number of hydrogen-bond acceptors (Lipinski definition) is 6. The van der Waals surface area contributed by atoms with Gasteiger partial charge in [0.2, 0.25) is 0 Å². The zero-order valence-corrected chi connectivity index (χ0v) is 22.3. The molecule has 0 spiro atoms. The Kier molecular flexibility index (Phi) is 11.1. The number of carbonyl (C=O) groups excluding carboxylic acids is 1. The molecular weight excluding hydrogens is 511 g/mol. The average Bonchev–Trinajstić information content (AvgIpc) is 3.06. The van der Waals surface area contributed by atoms with Gasteiger partial charge in [0.25, 0.3) is 0 Å². The first kappa shape index (κ1) is 27.5. The molecule has 0 saturated carbocycles. The molecule has 1 aliphatic heterocycles. The van der Waals surface area contributed by atoms with Crippen LogP contribution in [0.5, 0.6) is 0 Å². The number of nitrogens with zero attached hydrogens (tertiary/aromatic N) is 5. The number of aliphatic imine (C=N–C) groups is 1. The number of carbonyl (C=O) groups is 1. The van der Waals surface area contributed by atoms with E-state index in [1.165, 1.54) is 0 Å². The third-order valence-corrected chi connectivity index (χ3v) is 4.85. The molecule has 1 atom stereocenters. The summed E-state index contributed by atoms with van der Waals surface area (Å²) in [6, 6.07) is 1.99. The van der Waals surface area contributed by atoms with Gasteiger partial charge in [-0.3, -0.25) is 9.89 Å². The molecule has 0 bridgehead atoms. The van der Waals surface area contributed by atoms with Gasteiger partial charge in [-0.25, -0.2) is 4.79 Å². The van der Waals surface area contributed by atoms with Crippen molar-refractivity contribution in [2.45, 2.75) is 46.8 Å². The number of nitrogens with one attached hydrogen (secondary N) is 1. The second-order valence-corrected chi connectivity index (χ2v) is 9.09. The van der Waals surface area contributed by atoms with Gasteiger partial charge in [0, 0.05) is 66.0 Å². The molecule has 1 aromatic rings. The van der Waals surface area contributed by atoms with E-state index in [1.54, 1.807) is 11.9 Å². The number of hydrogen-bond donors (Lipinski definition) is 1. The van der Waals surface area contributed by atoms with Crippen molar-refractivity contribution in [3.8, 4) is 0 Å². The number of rotatable bonds is 6. The summed E-state index contributed by atoms with van der Waals surface area (Å²) in [5.41, 5.74) is 0.496. The lowest BCUT2D eigenvalue weighted by Crippen LogP contribution is -2.53. The van der Waals surface area contributed by atoms with Crippen LogP contribution >= 0.6 is 24.0 Å². The summed E-state index contributed by atoms with van der Waals surface area (Å²) in [5, 5.41) is 7.53. The largest absolute Gasteiger partial charge is 0.444 e. The zero-order chi connectivity index (χ0) is 22.3. The number of amides is 1. The number of guanidine groups is 1. The van der Waals surface area contributed by atoms with Crippen molar-refractivity contribution >= 4 is 36.0 Å². The van der Waals surface area contributed by atoms with Crippen molar-refractivity contribution in [1.82, 2.24) is 25.2 Å². The fraction of sp³-hybridized carbons (Fsp3) is 0.762. The lowest BCUT2D eigenvalue weighted by Gasteiger charge is -2.36. The van der Waals surface area contributed by atoms with E-state index in [1.807, 2.05) is 40.8 Å². The molecule has 1 unspecified atom stereocenters. The van der Waals surface area contributed by atoms with E-state index < -0.39 is 5.60 Å². The molecule has 1 amide bonds. The van der Waals surface area contributed by atoms with Gasteiger partial charge in [-0.2, -0.15) is 0 Å². The maximum atomic E-state index is 12.1. The third-order valence-electron chi connectivity index (χ3n) is 4.85. The molecule has 2 rings (SSSR count). The van der Waals surface area contributed by atoms with Gasteiger partial charge < -0.3 is 24.4 Å². The van der Waals surface area contributed by atoms with E-state index in [2.05, 4.69) is 32.2 Å². The quantitative estimate of drug-likeness (QED) is 0.331. The van der Waals surface area contributed by atoms with Gasteiger partial charge in [-0.15, -0.1) is 24.0 Å². The topological polar surface area (TPSA) is 86.4 Å². The molecule has 0 aromatic carbocycles. The number of ether oxygens (including phenoxy) is 1. The summed E-state index contributed by atoms with van der Waals surface area (Å²) in [5.74, 6) is 2.01. The average molecular weight is 550 g/mol. The van der Waals surface area contributed by atoms with Gasteiger partial charge in [-0.1, -0.05) is 12.1 Å². The third kappa shape index (κ3) is 9.63. The van der Waals surface area contributed by atoms with Crippen LogP contribution in [0, 0.1) is 12.8 Å². The second kappa shape index (κ2) is 12.5. The number of halogens is 1. The Labute approximate surface area is 203 Å². The molecule has 1 aliphatic rings. The van der Waals surface area contributed by atoms with E-state index in [-0.39, 0.29) is 36.0 Å². The van der Waals surface area contributed by atoms with Gasteiger partial charge in [0.15, 0.2) is 5.96 Å². The molecule has 178 valence electrons. The fourth-order valence-corrected chi connectivity index (χ4v) is 3.38. The van der Waals surface area contributed by atoms with Crippen molar-refractivity contribution in [2.24, 2.45) is 10.9 Å². The predicted molar refractivity (Wildman–Crippen MR) is 133 cm³/mol. The Hall–Kier alpha value is -1.56. The van der Waals surface area contributed by atoms with E-state index in [0.717, 1.165) is 56.7 Å². The molecule has 0 aliphatic carbocycles. The van der Waals surface area contributed by atoms with Crippen LogP contribution in [0.2, 0.25) is 0 Å². The summed E-state index contributed by atoms with van der Waals surface area (Å²) < 4.78 is 10.6. The SMILES string of the molecule is CN=C(NCC(C)CN(C)C(=O)OC(C)(C)C)N1CCN(Cc2cc(C)on2)CC1.I. The Morgan fingerprint density at radius 2 is 2.00 bits per heavy atom. The van der Waals surface area contributed by atoms with E-state index >= 15 is 0 Å². The summed E-state index contributed by atoms with van der Waals surface area (Å²) >= 11 is 0. The lowest BCUT2D eigenvalue weighted by atomic mass is 10.1. The molecule has 1 fully saturated rings. The van der Waals surface area contributed by atoms with Crippen LogP contribution in [0.3, 0.4) is 0 Å². The molecule has 1 saturated heterocycles. The first-order valence-corrected chi connectivity index (χ1v) is 10.6. The van der Waals surface area contributed by atoms with Crippen molar-refractivity contribution in [3.63, 3.8) is 0 Å². The summed E-state index contributed by atoms with van der Waals surface area (Å²) in [7, 11) is 3.58. The van der Waals surface area contributed by atoms with Crippen LogP contribution in [0.25, 0.3) is 0 Å². The highest BCUT2D eigenvalue weighted by Gasteiger charge is 2.23. The van der Waals surface area contributed by atoms with Crippen LogP contribution in [0.1, 0.15) is 39.1 Å². The molecule has 9 nitrogen and oxygen atoms in total. The first-order chi connectivity index (χ1) is 14.1. The van der Waals surface area contributed by atoms with Crippen molar-refractivity contribution < 1.29 is 14.1 Å². The minimum atomic E-state index is -0.483. The van der Waals surface area contributed by atoms with Crippen molar-refractivity contribution in [1.29, 1.82) is 0 Å². The normalized spacial score (nSPS) is 16.5. The number of aromatic nitrogens is 1. The van der Waals surface area contributed by atoms with Crippen molar-refractivity contribution in [2.75, 3.05) is 53.4 Å². The molecule has 31 heavy (non-hydrogen) atoms. The first-order valence-electron chi connectivity index (χ1n) is 10.6. The highest BCUT2D eigenvalue weighted by Crippen LogP contribution is 2.11. The predicted octanol–water partition coefficient (Wildman–Crippen LogP) is 2.80. The number of piperazine rings is 1. The molecule has 0 radical (unpaired) electrons. The van der Waals surface area contributed by atoms with E-state index in [0.29, 0.717) is 6.54 Å². The molecular formula is C21H39IN6O3. The maximum absolute atomic E-state index is 12.1. The van der Waals surface area contributed by atoms with Gasteiger partial charge in [0.05, 0.1) is 5.69 Å². The standard InChI is InChI=1S/C21H38N6O3.HI/c1-16(14-25(7)20(28)29-21(3,4)5)13-23-19(22-6)27-10-8-26(9-11-27)15-18-12-17(2)30-24-18;/h12,16H,8-11,13-15H2,1-7H3,(H,22,23);1H. The fourth-order valence-electron chi connectivity index (χ4n) is 3.38. The minimum absolute atomic E-state index is 0. The van der Waals surface area contributed by atoms with Crippen LogP contribution in [0.4, 0.5) is 4.79 Å². The second-order valence-electron chi connectivity index (χ2n) is 9.09. The molecule has 1 N–H and O–H groups in total. The van der Waals surface area contributed by atoms with Gasteiger partial charge in [0.1, 0.15) is 11.4 Å². The Morgan fingerprint density at radius 1 is 1.35 bits per heavy atom. The highest BCUT2D eigenvalue weighted by molar-refractivity contribution is 14.0. The minimum Gasteiger partial charge on any atom is -0.444 e. The molecule has 2 heterocycles. The Morgan fingerprint density at radius 3 is 2.52 bits per heavy atom. The maximum Gasteiger partial charge on any atom is 0.410 e. The van der Waals surface area contributed by atoms with Gasteiger partial charge in [-0.05, 0) is 33.6 Å². The Bertz CT molecular complexity index is 710. The lowest BCUT2D eigenvalue weighted by molar-refractivity contribution is 0.0277. The summed E-state index contributed by atoms with van der Waals surface area (Å²) in [4.78, 5) is 22.9. The molecule has 10 heteroatoms. The summed E-state index contributed by atoms with van der Waals surface area (Å²) in [6.07, 6.45) is -0.294. The Balaban J connectivity index is 0.00000480. The van der Waals surface area contributed by atoms with Crippen LogP contribution in [-0.2, 0) is 11.3 Å². The van der Waals surface area contributed by atoms with Crippen molar-refractivity contribution in [3.05, 3.63) is 17.5 Å². The van der Waals surface area contributed by atoms with Crippen LogP contribution in [0.15, 0.2) is 15.6 Å². The van der Waals surface area contributed by atoms with E-state index in [9.17, 15) is 4.79 Å². The molecule has 1 aromatic heterocycles. The van der Waals surface area contributed by atoms with E-state index in [4.69, 9.17) is 9.26 Å². The zero-order valence-electron chi connectivity index (χ0n) is 20.0.